The standard InChI is InChI=1S/C10H17N3O/c1-3-13-7-8(2)6-12-9(4-5-11)10(13)14/h8-9,12H,3-4,6-7H2,1-2H3. The minimum absolute atomic E-state index is 0.0680. The summed E-state index contributed by atoms with van der Waals surface area (Å²) in [6, 6.07) is 1.74. The summed E-state index contributed by atoms with van der Waals surface area (Å²) in [6.07, 6.45) is 0.266. The minimum atomic E-state index is -0.301. The second-order valence-electron chi connectivity index (χ2n) is 3.81. The average molecular weight is 195 g/mol. The molecule has 78 valence electrons. The Labute approximate surface area is 84.9 Å². The molecule has 4 nitrogen and oxygen atoms in total. The van der Waals surface area contributed by atoms with Crippen molar-refractivity contribution in [2.75, 3.05) is 19.6 Å². The Morgan fingerprint density at radius 1 is 1.71 bits per heavy atom. The summed E-state index contributed by atoms with van der Waals surface area (Å²) in [5, 5.41) is 11.7. The molecule has 2 atom stereocenters. The number of nitrogens with zero attached hydrogens (tertiary/aromatic N) is 2. The van der Waals surface area contributed by atoms with E-state index in [9.17, 15) is 4.79 Å². The van der Waals surface area contributed by atoms with Gasteiger partial charge in [-0.3, -0.25) is 4.79 Å². The largest absolute Gasteiger partial charge is 0.341 e. The van der Waals surface area contributed by atoms with Crippen LogP contribution in [0.1, 0.15) is 20.3 Å². The second-order valence-corrected chi connectivity index (χ2v) is 3.81. The smallest absolute Gasteiger partial charge is 0.240 e. The van der Waals surface area contributed by atoms with E-state index in [0.29, 0.717) is 5.92 Å². The molecule has 2 unspecified atom stereocenters. The number of amides is 1. The Morgan fingerprint density at radius 2 is 2.43 bits per heavy atom. The first-order valence-corrected chi connectivity index (χ1v) is 5.08. The molecule has 0 aromatic rings. The highest BCUT2D eigenvalue weighted by atomic mass is 16.2. The number of rotatable bonds is 2. The highest BCUT2D eigenvalue weighted by Gasteiger charge is 2.27. The van der Waals surface area contributed by atoms with E-state index in [4.69, 9.17) is 5.26 Å². The number of nitriles is 1. The molecule has 1 rings (SSSR count). The van der Waals surface area contributed by atoms with Crippen LogP contribution in [0, 0.1) is 17.2 Å². The van der Waals surface area contributed by atoms with E-state index in [1.807, 2.05) is 17.9 Å². The van der Waals surface area contributed by atoms with Crippen LogP contribution in [0.15, 0.2) is 0 Å². The van der Waals surface area contributed by atoms with Crippen molar-refractivity contribution in [1.29, 1.82) is 5.26 Å². The molecule has 1 aliphatic heterocycles. The summed E-state index contributed by atoms with van der Waals surface area (Å²) in [4.78, 5) is 13.7. The molecule has 1 aliphatic rings. The molecule has 0 spiro atoms. The van der Waals surface area contributed by atoms with Gasteiger partial charge in [0.05, 0.1) is 18.5 Å². The summed E-state index contributed by atoms with van der Waals surface area (Å²) in [5.74, 6) is 0.529. The van der Waals surface area contributed by atoms with Gasteiger partial charge in [0.25, 0.3) is 0 Å². The molecule has 14 heavy (non-hydrogen) atoms. The second kappa shape index (κ2) is 4.97. The van der Waals surface area contributed by atoms with E-state index < -0.39 is 0 Å². The number of carbonyl (C=O) groups is 1. The number of hydrogen-bond acceptors (Lipinski definition) is 3. The first kappa shape index (κ1) is 11.0. The van der Waals surface area contributed by atoms with Gasteiger partial charge < -0.3 is 10.2 Å². The maximum Gasteiger partial charge on any atom is 0.240 e. The van der Waals surface area contributed by atoms with Crippen molar-refractivity contribution in [3.63, 3.8) is 0 Å². The lowest BCUT2D eigenvalue weighted by Crippen LogP contribution is -2.43. The van der Waals surface area contributed by atoms with Crippen LogP contribution < -0.4 is 5.32 Å². The number of hydrogen-bond donors (Lipinski definition) is 1. The van der Waals surface area contributed by atoms with Gasteiger partial charge in [-0.25, -0.2) is 0 Å². The Hall–Kier alpha value is -1.08. The van der Waals surface area contributed by atoms with Gasteiger partial charge in [-0.05, 0) is 12.8 Å². The van der Waals surface area contributed by atoms with Crippen LogP contribution in [0.5, 0.6) is 0 Å². The maximum atomic E-state index is 11.8. The van der Waals surface area contributed by atoms with Crippen LogP contribution in [-0.4, -0.2) is 36.5 Å². The van der Waals surface area contributed by atoms with E-state index in [1.54, 1.807) is 0 Å². The van der Waals surface area contributed by atoms with Gasteiger partial charge in [0.15, 0.2) is 0 Å². The lowest BCUT2D eigenvalue weighted by Gasteiger charge is -2.22. The van der Waals surface area contributed by atoms with Gasteiger partial charge in [-0.2, -0.15) is 5.26 Å². The van der Waals surface area contributed by atoms with Crippen molar-refractivity contribution < 1.29 is 4.79 Å². The molecule has 0 aromatic carbocycles. The lowest BCUT2D eigenvalue weighted by atomic mass is 10.2. The summed E-state index contributed by atoms with van der Waals surface area (Å²) in [7, 11) is 0. The van der Waals surface area contributed by atoms with Crippen molar-refractivity contribution in [2.24, 2.45) is 5.92 Å². The first-order chi connectivity index (χ1) is 6.69. The Morgan fingerprint density at radius 3 is 3.00 bits per heavy atom. The fourth-order valence-electron chi connectivity index (χ4n) is 1.72. The number of nitrogens with one attached hydrogen (secondary N) is 1. The Balaban J connectivity index is 2.70. The molecule has 0 radical (unpaired) electrons. The van der Waals surface area contributed by atoms with Crippen molar-refractivity contribution >= 4 is 5.91 Å². The predicted molar refractivity (Wildman–Crippen MR) is 53.4 cm³/mol. The lowest BCUT2D eigenvalue weighted by molar-refractivity contribution is -0.132. The van der Waals surface area contributed by atoms with Gasteiger partial charge in [0.2, 0.25) is 5.91 Å². The summed E-state index contributed by atoms with van der Waals surface area (Å²) in [6.45, 7) is 6.42. The highest BCUT2D eigenvalue weighted by molar-refractivity contribution is 5.82. The number of likely N-dealkylation sites (N-methyl/N-ethyl adjacent to an activating group) is 1. The fraction of sp³-hybridized carbons (Fsp3) is 0.800. The van der Waals surface area contributed by atoms with Gasteiger partial charge in [-0.15, -0.1) is 0 Å². The van der Waals surface area contributed by atoms with Crippen molar-refractivity contribution in [2.45, 2.75) is 26.3 Å². The molecule has 0 bridgehead atoms. The van der Waals surface area contributed by atoms with Crippen molar-refractivity contribution in [3.8, 4) is 6.07 Å². The van der Waals surface area contributed by atoms with Gasteiger partial charge in [0.1, 0.15) is 0 Å². The van der Waals surface area contributed by atoms with Crippen LogP contribution in [0.3, 0.4) is 0 Å². The van der Waals surface area contributed by atoms with Gasteiger partial charge in [-0.1, -0.05) is 6.92 Å². The van der Waals surface area contributed by atoms with Crippen LogP contribution in [-0.2, 0) is 4.79 Å². The highest BCUT2D eigenvalue weighted by Crippen LogP contribution is 2.08. The predicted octanol–water partition coefficient (Wildman–Crippen LogP) is 0.356. The zero-order chi connectivity index (χ0) is 10.6. The van der Waals surface area contributed by atoms with E-state index in [1.165, 1.54) is 0 Å². The molecular weight excluding hydrogens is 178 g/mol. The third-order valence-corrected chi connectivity index (χ3v) is 2.53. The van der Waals surface area contributed by atoms with E-state index in [-0.39, 0.29) is 18.4 Å². The van der Waals surface area contributed by atoms with Crippen LogP contribution in [0.25, 0.3) is 0 Å². The first-order valence-electron chi connectivity index (χ1n) is 5.08. The Kier molecular flexibility index (Phi) is 3.90. The molecule has 1 fully saturated rings. The summed E-state index contributed by atoms with van der Waals surface area (Å²) >= 11 is 0. The molecule has 0 aliphatic carbocycles. The molecule has 0 saturated carbocycles. The zero-order valence-electron chi connectivity index (χ0n) is 8.79. The zero-order valence-corrected chi connectivity index (χ0v) is 8.79. The normalized spacial score (nSPS) is 28.4. The van der Waals surface area contributed by atoms with Gasteiger partial charge >= 0.3 is 0 Å². The monoisotopic (exact) mass is 195 g/mol. The third-order valence-electron chi connectivity index (χ3n) is 2.53. The maximum absolute atomic E-state index is 11.8. The van der Waals surface area contributed by atoms with E-state index in [0.717, 1.165) is 19.6 Å². The van der Waals surface area contributed by atoms with Crippen molar-refractivity contribution in [3.05, 3.63) is 0 Å². The molecule has 1 saturated heterocycles. The van der Waals surface area contributed by atoms with Gasteiger partial charge in [0, 0.05) is 19.6 Å². The molecule has 0 aromatic heterocycles. The van der Waals surface area contributed by atoms with Crippen LogP contribution in [0.2, 0.25) is 0 Å². The number of carbonyl (C=O) groups excluding carboxylic acids is 1. The van der Waals surface area contributed by atoms with E-state index >= 15 is 0 Å². The average Bonchev–Trinajstić information content (AvgIpc) is 2.31. The Bertz CT molecular complexity index is 246. The fourth-order valence-corrected chi connectivity index (χ4v) is 1.72. The molecule has 4 heteroatoms. The molecular formula is C10H17N3O. The SMILES string of the molecule is CCN1CC(C)CNC(CC#N)C1=O. The summed E-state index contributed by atoms with van der Waals surface area (Å²) < 4.78 is 0. The van der Waals surface area contributed by atoms with Crippen LogP contribution >= 0.6 is 0 Å². The van der Waals surface area contributed by atoms with Crippen molar-refractivity contribution in [1.82, 2.24) is 10.2 Å². The molecule has 1 heterocycles. The molecule has 1 amide bonds. The minimum Gasteiger partial charge on any atom is -0.341 e. The molecule has 1 N–H and O–H groups in total. The van der Waals surface area contributed by atoms with E-state index in [2.05, 4.69) is 12.2 Å². The quantitative estimate of drug-likeness (QED) is 0.692. The topological polar surface area (TPSA) is 56.1 Å². The van der Waals surface area contributed by atoms with Crippen LogP contribution in [0.4, 0.5) is 0 Å². The summed E-state index contributed by atoms with van der Waals surface area (Å²) in [5.41, 5.74) is 0. The third kappa shape index (κ3) is 2.46.